The fourth-order valence-electron chi connectivity index (χ4n) is 1.88. The van der Waals surface area contributed by atoms with Gasteiger partial charge in [-0.25, -0.2) is 0 Å². The molecule has 0 amide bonds. The van der Waals surface area contributed by atoms with E-state index in [1.165, 1.54) is 5.56 Å². The Bertz CT molecular complexity index is 573. The number of H-pyrrole nitrogens is 1. The summed E-state index contributed by atoms with van der Waals surface area (Å²) >= 11 is 0. The highest BCUT2D eigenvalue weighted by atomic mass is 16.3. The van der Waals surface area contributed by atoms with Crippen molar-refractivity contribution in [3.63, 3.8) is 0 Å². The quantitative estimate of drug-likeness (QED) is 0.738. The largest absolute Gasteiger partial charge is 0.383 e. The number of rotatable bonds is 2. The molecule has 2 N–H and O–H groups in total. The number of hydrogen-bond donors (Lipinski definition) is 2. The van der Waals surface area contributed by atoms with E-state index in [1.807, 2.05) is 38.2 Å². The molecule has 1 aromatic carbocycles. The fraction of sp³-hybridized carbons (Fsp3) is 0.214. The average Bonchev–Trinajstić information content (AvgIpc) is 2.72. The molecular weight excluding hydrogens is 198 g/mol. The van der Waals surface area contributed by atoms with Crippen molar-refractivity contribution in [1.29, 1.82) is 0 Å². The molecule has 0 aliphatic carbocycles. The summed E-state index contributed by atoms with van der Waals surface area (Å²) in [6.45, 7) is 7.43. The third-order valence-electron chi connectivity index (χ3n) is 2.94. The van der Waals surface area contributed by atoms with Crippen LogP contribution in [-0.4, -0.2) is 10.1 Å². The monoisotopic (exact) mass is 213 g/mol. The smallest absolute Gasteiger partial charge is 0.109 e. The standard InChI is InChI=1S/C14H15NO/c1-4-9(2)14(16)12-8-15-13-10(3)6-5-7-11(12)13/h5-8,14-16H,1H2,2-3H3. The highest BCUT2D eigenvalue weighted by Gasteiger charge is 2.14. The summed E-state index contributed by atoms with van der Waals surface area (Å²) in [7, 11) is 0. The normalized spacial score (nSPS) is 12.4. The van der Waals surface area contributed by atoms with Gasteiger partial charge in [-0.3, -0.25) is 0 Å². The van der Waals surface area contributed by atoms with Gasteiger partial charge in [-0.15, -0.1) is 5.73 Å². The predicted octanol–water partition coefficient (Wildman–Crippen LogP) is 3.24. The molecule has 0 fully saturated rings. The minimum absolute atomic E-state index is 0.631. The van der Waals surface area contributed by atoms with Gasteiger partial charge in [0, 0.05) is 28.2 Å². The summed E-state index contributed by atoms with van der Waals surface area (Å²) in [4.78, 5) is 3.19. The van der Waals surface area contributed by atoms with E-state index >= 15 is 0 Å². The zero-order valence-corrected chi connectivity index (χ0v) is 9.54. The lowest BCUT2D eigenvalue weighted by molar-refractivity contribution is 0.217. The van der Waals surface area contributed by atoms with Gasteiger partial charge in [0.1, 0.15) is 6.10 Å². The molecule has 0 spiro atoms. The van der Waals surface area contributed by atoms with Crippen LogP contribution in [0.1, 0.15) is 24.2 Å². The first-order valence-corrected chi connectivity index (χ1v) is 5.26. The van der Waals surface area contributed by atoms with Crippen molar-refractivity contribution in [1.82, 2.24) is 4.98 Å². The third kappa shape index (κ3) is 1.58. The summed E-state index contributed by atoms with van der Waals surface area (Å²) in [5.74, 6) is 0. The molecule has 16 heavy (non-hydrogen) atoms. The maximum absolute atomic E-state index is 10.1. The number of hydrogen-bond acceptors (Lipinski definition) is 1. The number of aromatic amines is 1. The molecule has 0 bridgehead atoms. The molecule has 1 atom stereocenters. The number of aryl methyl sites for hydroxylation is 1. The number of aromatic nitrogens is 1. The van der Waals surface area contributed by atoms with Crippen LogP contribution in [0.4, 0.5) is 0 Å². The maximum Gasteiger partial charge on any atom is 0.109 e. The number of aliphatic hydroxyl groups is 1. The van der Waals surface area contributed by atoms with Gasteiger partial charge in [-0.1, -0.05) is 24.8 Å². The van der Waals surface area contributed by atoms with Crippen LogP contribution in [0.2, 0.25) is 0 Å². The van der Waals surface area contributed by atoms with Crippen LogP contribution in [0.15, 0.2) is 42.3 Å². The van der Waals surface area contributed by atoms with E-state index in [2.05, 4.69) is 17.3 Å². The Morgan fingerprint density at radius 1 is 1.50 bits per heavy atom. The van der Waals surface area contributed by atoms with E-state index in [1.54, 1.807) is 0 Å². The summed E-state index contributed by atoms with van der Waals surface area (Å²) in [5, 5.41) is 11.2. The van der Waals surface area contributed by atoms with Crippen molar-refractivity contribution in [2.45, 2.75) is 20.0 Å². The van der Waals surface area contributed by atoms with Crippen LogP contribution in [0.3, 0.4) is 0 Å². The zero-order valence-electron chi connectivity index (χ0n) is 9.54. The van der Waals surface area contributed by atoms with Gasteiger partial charge in [-0.2, -0.15) is 0 Å². The Morgan fingerprint density at radius 3 is 2.94 bits per heavy atom. The first kappa shape index (κ1) is 10.7. The molecule has 0 radical (unpaired) electrons. The topological polar surface area (TPSA) is 36.0 Å². The Kier molecular flexibility index (Phi) is 2.69. The van der Waals surface area contributed by atoms with Crippen LogP contribution < -0.4 is 0 Å². The molecule has 0 aliphatic rings. The van der Waals surface area contributed by atoms with Gasteiger partial charge in [0.15, 0.2) is 0 Å². The van der Waals surface area contributed by atoms with Crippen LogP contribution in [-0.2, 0) is 0 Å². The second kappa shape index (κ2) is 4.01. The Balaban J connectivity index is 2.63. The van der Waals surface area contributed by atoms with Crippen molar-refractivity contribution in [2.75, 3.05) is 0 Å². The molecule has 0 saturated carbocycles. The number of para-hydroxylation sites is 1. The van der Waals surface area contributed by atoms with Crippen molar-refractivity contribution < 1.29 is 5.11 Å². The van der Waals surface area contributed by atoms with Gasteiger partial charge in [0.25, 0.3) is 0 Å². The minimum atomic E-state index is -0.631. The first-order chi connectivity index (χ1) is 7.65. The lowest BCUT2D eigenvalue weighted by Gasteiger charge is -2.08. The summed E-state index contributed by atoms with van der Waals surface area (Å²) in [6.07, 6.45) is 1.22. The molecule has 2 heteroatoms. The van der Waals surface area contributed by atoms with Crippen molar-refractivity contribution in [3.05, 3.63) is 53.4 Å². The lowest BCUT2D eigenvalue weighted by Crippen LogP contribution is -1.96. The number of aliphatic hydroxyl groups excluding tert-OH is 1. The Labute approximate surface area is 94.9 Å². The second-order valence-corrected chi connectivity index (χ2v) is 4.00. The summed E-state index contributed by atoms with van der Waals surface area (Å²) in [5.41, 5.74) is 6.61. The van der Waals surface area contributed by atoms with Crippen LogP contribution >= 0.6 is 0 Å². The molecule has 2 aromatic rings. The number of fused-ring (bicyclic) bond motifs is 1. The lowest BCUT2D eigenvalue weighted by atomic mass is 10.0. The third-order valence-corrected chi connectivity index (χ3v) is 2.94. The minimum Gasteiger partial charge on any atom is -0.383 e. The summed E-state index contributed by atoms with van der Waals surface area (Å²) in [6, 6.07) is 6.05. The molecule has 82 valence electrons. The van der Waals surface area contributed by atoms with Crippen molar-refractivity contribution >= 4 is 10.9 Å². The molecule has 0 aliphatic heterocycles. The van der Waals surface area contributed by atoms with E-state index in [0.29, 0.717) is 0 Å². The van der Waals surface area contributed by atoms with Crippen LogP contribution in [0.5, 0.6) is 0 Å². The van der Waals surface area contributed by atoms with E-state index in [0.717, 1.165) is 22.0 Å². The highest BCUT2D eigenvalue weighted by molar-refractivity contribution is 5.86. The van der Waals surface area contributed by atoms with E-state index in [-0.39, 0.29) is 0 Å². The highest BCUT2D eigenvalue weighted by Crippen LogP contribution is 2.29. The number of nitrogens with one attached hydrogen (secondary N) is 1. The fourth-order valence-corrected chi connectivity index (χ4v) is 1.88. The molecule has 1 heterocycles. The van der Waals surface area contributed by atoms with Crippen molar-refractivity contribution in [3.8, 4) is 0 Å². The van der Waals surface area contributed by atoms with Crippen LogP contribution in [0, 0.1) is 6.92 Å². The second-order valence-electron chi connectivity index (χ2n) is 4.00. The Morgan fingerprint density at radius 2 is 2.25 bits per heavy atom. The van der Waals surface area contributed by atoms with Crippen LogP contribution in [0.25, 0.3) is 10.9 Å². The average molecular weight is 213 g/mol. The van der Waals surface area contributed by atoms with E-state index < -0.39 is 6.10 Å². The van der Waals surface area contributed by atoms with Gasteiger partial charge >= 0.3 is 0 Å². The molecule has 1 unspecified atom stereocenters. The summed E-state index contributed by atoms with van der Waals surface area (Å²) < 4.78 is 0. The Hall–Kier alpha value is -1.76. The zero-order chi connectivity index (χ0) is 11.7. The van der Waals surface area contributed by atoms with Crippen molar-refractivity contribution in [2.24, 2.45) is 0 Å². The molecular formula is C14H15NO. The van der Waals surface area contributed by atoms with E-state index in [9.17, 15) is 5.11 Å². The first-order valence-electron chi connectivity index (χ1n) is 5.26. The van der Waals surface area contributed by atoms with E-state index in [4.69, 9.17) is 0 Å². The van der Waals surface area contributed by atoms with Gasteiger partial charge < -0.3 is 10.1 Å². The number of benzene rings is 1. The maximum atomic E-state index is 10.1. The van der Waals surface area contributed by atoms with Gasteiger partial charge in [-0.05, 0) is 19.4 Å². The van der Waals surface area contributed by atoms with Gasteiger partial charge in [0.2, 0.25) is 0 Å². The van der Waals surface area contributed by atoms with Gasteiger partial charge in [0.05, 0.1) is 0 Å². The SMILES string of the molecule is C=C=C(C)C(O)c1c[nH]c2c(C)cccc12. The molecule has 2 rings (SSSR count). The molecule has 2 nitrogen and oxygen atoms in total. The molecule has 0 saturated heterocycles. The molecule has 1 aromatic heterocycles. The predicted molar refractivity (Wildman–Crippen MR) is 66.3 cm³/mol.